The van der Waals surface area contributed by atoms with E-state index in [1.807, 2.05) is 34.6 Å². The van der Waals surface area contributed by atoms with Gasteiger partial charge >= 0.3 is 25.4 Å². The van der Waals surface area contributed by atoms with Gasteiger partial charge in [-0.3, -0.25) is 0 Å². The van der Waals surface area contributed by atoms with Gasteiger partial charge in [-0.1, -0.05) is 0 Å². The minimum atomic E-state index is -1.73. The summed E-state index contributed by atoms with van der Waals surface area (Å²) in [5.41, 5.74) is 0. The van der Waals surface area contributed by atoms with Crippen LogP contribution in [0, 0.1) is 0 Å². The van der Waals surface area contributed by atoms with E-state index in [1.54, 1.807) is 0 Å². The standard InChI is InChI=1S/C6H16O3Si.2C2H5O.Al/c1-4-7-10(8-5-2)9-6-3;2*1-2-3;/h10H,4-6H2,1-3H3;2*2H2,1H3;/q;2*-1;+2. The van der Waals surface area contributed by atoms with Crippen molar-refractivity contribution < 1.29 is 20.9 Å². The van der Waals surface area contributed by atoms with Crippen molar-refractivity contribution in [1.29, 1.82) is 0 Å². The van der Waals surface area contributed by atoms with Crippen molar-refractivity contribution in [2.24, 2.45) is 0 Å². The average Bonchev–Trinajstić information content (AvgIpc) is 2.32. The maximum Gasteiger partial charge on any atom is 0.668 e. The van der Waals surface area contributed by atoms with Crippen LogP contribution in [0.4, 0.5) is 0 Å². The summed E-state index contributed by atoms with van der Waals surface area (Å²) in [5.74, 6) is 0. The molecule has 7 heteroatoms. The largest absolute Gasteiger partial charge is 0.668 e. The van der Waals surface area contributed by atoms with Crippen LogP contribution in [0.25, 0.3) is 0 Å². The van der Waals surface area contributed by atoms with Gasteiger partial charge in [0.25, 0.3) is 0 Å². The molecule has 0 amide bonds. The third kappa shape index (κ3) is 19.1. The maximum absolute atomic E-state index is 5.22. The lowest BCUT2D eigenvalue weighted by Crippen LogP contribution is -2.27. The van der Waals surface area contributed by atoms with Crippen LogP contribution in [-0.2, 0) is 20.9 Å². The van der Waals surface area contributed by atoms with Crippen molar-refractivity contribution >= 4 is 25.4 Å². The molecule has 0 rings (SSSR count). The van der Waals surface area contributed by atoms with Crippen LogP contribution in [-0.4, -0.2) is 58.4 Å². The summed E-state index contributed by atoms with van der Waals surface area (Å²) in [6.45, 7) is 13.3. The summed E-state index contributed by atoms with van der Waals surface area (Å²) in [4.78, 5) is 0. The highest BCUT2D eigenvalue weighted by molar-refractivity contribution is 6.36. The van der Waals surface area contributed by atoms with E-state index in [1.165, 1.54) is 0 Å². The predicted molar refractivity (Wildman–Crippen MR) is 71.0 cm³/mol. The normalized spacial score (nSPS) is 10.0. The average molecular weight is 281 g/mol. The van der Waals surface area contributed by atoms with Gasteiger partial charge < -0.3 is 20.9 Å². The Morgan fingerprint density at radius 2 is 1.00 bits per heavy atom. The molecule has 0 unspecified atom stereocenters. The van der Waals surface area contributed by atoms with E-state index < -0.39 is 9.53 Å². The summed E-state index contributed by atoms with van der Waals surface area (Å²) in [7, 11) is -1.73. The van der Waals surface area contributed by atoms with Gasteiger partial charge in [-0.05, 0) is 34.6 Å². The van der Waals surface area contributed by atoms with Crippen LogP contribution in [0.15, 0.2) is 0 Å². The fourth-order valence-corrected chi connectivity index (χ4v) is 2.21. The number of hydrogen-bond acceptors (Lipinski definition) is 5. The lowest BCUT2D eigenvalue weighted by atomic mass is 10.9. The molecule has 0 saturated heterocycles. The first-order chi connectivity index (χ1) is 8.26. The Labute approximate surface area is 114 Å². The Hall–Kier alpha value is 0.549. The third-order valence-electron chi connectivity index (χ3n) is 1.38. The molecule has 0 aromatic carbocycles. The van der Waals surface area contributed by atoms with Crippen LogP contribution in [0.1, 0.15) is 34.6 Å². The highest BCUT2D eigenvalue weighted by Gasteiger charge is 2.11. The zero-order chi connectivity index (χ0) is 13.4. The summed E-state index contributed by atoms with van der Waals surface area (Å²) >= 11 is -0.178. The molecule has 103 valence electrons. The van der Waals surface area contributed by atoms with Gasteiger partial charge in [0.05, 0.1) is 0 Å². The second-order valence-electron chi connectivity index (χ2n) is 2.66. The van der Waals surface area contributed by atoms with E-state index in [2.05, 4.69) is 0 Å². The number of hydrogen-bond donors (Lipinski definition) is 0. The predicted octanol–water partition coefficient (Wildman–Crippen LogP) is 1.41. The zero-order valence-corrected chi connectivity index (χ0v) is 14.0. The molecule has 0 N–H and O–H groups in total. The maximum atomic E-state index is 5.22. The van der Waals surface area contributed by atoms with E-state index in [-0.39, 0.29) is 15.9 Å². The Morgan fingerprint density at radius 3 is 1.24 bits per heavy atom. The van der Waals surface area contributed by atoms with Crippen molar-refractivity contribution in [3.63, 3.8) is 0 Å². The van der Waals surface area contributed by atoms with Gasteiger partial charge in [-0.25, -0.2) is 0 Å². The first kappa shape index (κ1) is 19.9. The first-order valence-corrected chi connectivity index (χ1v) is 8.51. The Morgan fingerprint density at radius 1 is 0.647 bits per heavy atom. The molecular weight excluding hydrogens is 255 g/mol. The Kier molecular flexibility index (Phi) is 22.1. The molecule has 0 aliphatic carbocycles. The third-order valence-corrected chi connectivity index (χ3v) is 4.13. The lowest BCUT2D eigenvalue weighted by Gasteiger charge is -2.12. The van der Waals surface area contributed by atoms with E-state index in [4.69, 9.17) is 20.9 Å². The van der Waals surface area contributed by atoms with E-state index in [9.17, 15) is 0 Å². The topological polar surface area (TPSA) is 46.2 Å². The second-order valence-corrected chi connectivity index (χ2v) is 5.10. The van der Waals surface area contributed by atoms with Crippen molar-refractivity contribution in [3.05, 3.63) is 0 Å². The summed E-state index contributed by atoms with van der Waals surface area (Å²) in [6.07, 6.45) is 0. The molecule has 0 fully saturated rings. The van der Waals surface area contributed by atoms with Crippen LogP contribution in [0.2, 0.25) is 0 Å². The van der Waals surface area contributed by atoms with Crippen molar-refractivity contribution in [3.8, 4) is 0 Å². The molecule has 17 heavy (non-hydrogen) atoms. The molecule has 0 saturated carbocycles. The molecule has 0 aliphatic heterocycles. The smallest absolute Gasteiger partial charge is 0.484 e. The minimum Gasteiger partial charge on any atom is -0.484 e. The molecule has 0 bridgehead atoms. The molecule has 5 nitrogen and oxygen atoms in total. The lowest BCUT2D eigenvalue weighted by molar-refractivity contribution is 0.107. The van der Waals surface area contributed by atoms with Gasteiger partial charge in [-0.2, -0.15) is 0 Å². The summed E-state index contributed by atoms with van der Waals surface area (Å²) < 4.78 is 25.5. The molecule has 1 radical (unpaired) electrons. The van der Waals surface area contributed by atoms with E-state index in [0.717, 1.165) is 13.2 Å². The summed E-state index contributed by atoms with van der Waals surface area (Å²) in [5, 5.41) is 0. The SMILES string of the molecule is CCO[SiH](OCC)OCC.CC[O][Al][O]CC. The van der Waals surface area contributed by atoms with Crippen LogP contribution in [0.5, 0.6) is 0 Å². The van der Waals surface area contributed by atoms with E-state index >= 15 is 0 Å². The fourth-order valence-electron chi connectivity index (χ4n) is 0.737. The van der Waals surface area contributed by atoms with Gasteiger partial charge in [0.15, 0.2) is 0 Å². The molecule has 0 atom stereocenters. The highest BCUT2D eigenvalue weighted by atomic mass is 28.3. The highest BCUT2D eigenvalue weighted by Crippen LogP contribution is 1.91. The first-order valence-electron chi connectivity index (χ1n) is 6.16. The van der Waals surface area contributed by atoms with Crippen LogP contribution < -0.4 is 0 Å². The number of rotatable bonds is 10. The van der Waals surface area contributed by atoms with Gasteiger partial charge in [0.1, 0.15) is 0 Å². The fraction of sp³-hybridized carbons (Fsp3) is 1.00. The molecular formula is C10H26AlO5Si. The van der Waals surface area contributed by atoms with Crippen molar-refractivity contribution in [2.75, 3.05) is 33.0 Å². The quantitative estimate of drug-likeness (QED) is 0.447. The molecule has 0 heterocycles. The Balaban J connectivity index is 0. The van der Waals surface area contributed by atoms with Gasteiger partial charge in [-0.15, -0.1) is 0 Å². The minimum absolute atomic E-state index is 0.178. The summed E-state index contributed by atoms with van der Waals surface area (Å²) in [6, 6.07) is 0. The molecule has 0 aromatic heterocycles. The van der Waals surface area contributed by atoms with Crippen molar-refractivity contribution in [2.45, 2.75) is 34.6 Å². The molecule has 0 aromatic rings. The molecule has 0 aliphatic rings. The molecule has 0 spiro atoms. The van der Waals surface area contributed by atoms with E-state index in [0.29, 0.717) is 19.8 Å². The van der Waals surface area contributed by atoms with Gasteiger partial charge in [0.2, 0.25) is 0 Å². The zero-order valence-electron chi connectivity index (χ0n) is 11.7. The monoisotopic (exact) mass is 281 g/mol. The van der Waals surface area contributed by atoms with Gasteiger partial charge in [0, 0.05) is 33.0 Å². The van der Waals surface area contributed by atoms with Crippen LogP contribution >= 0.6 is 0 Å². The van der Waals surface area contributed by atoms with Crippen LogP contribution in [0.3, 0.4) is 0 Å². The Bertz CT molecular complexity index is 113. The second kappa shape index (κ2) is 18.9. The van der Waals surface area contributed by atoms with Crippen molar-refractivity contribution in [1.82, 2.24) is 0 Å².